The fraction of sp³-hybridized carbons (Fsp3) is 0.0833. The third-order valence-electron chi connectivity index (χ3n) is 2.38. The first-order valence-electron chi connectivity index (χ1n) is 5.22. The van der Waals surface area contributed by atoms with E-state index in [-0.39, 0.29) is 22.2 Å². The Labute approximate surface area is 113 Å². The van der Waals surface area contributed by atoms with Crippen molar-refractivity contribution in [1.29, 1.82) is 0 Å². The average molecular weight is 282 g/mol. The molecule has 0 bridgehead atoms. The Hall–Kier alpha value is -2.21. The second kappa shape index (κ2) is 5.62. The van der Waals surface area contributed by atoms with Crippen LogP contribution in [0.25, 0.3) is 0 Å². The van der Waals surface area contributed by atoms with E-state index in [1.807, 2.05) is 0 Å². The van der Waals surface area contributed by atoms with Gasteiger partial charge in [0.15, 0.2) is 6.29 Å². The van der Waals surface area contributed by atoms with E-state index in [2.05, 4.69) is 15.3 Å². The van der Waals surface area contributed by atoms with Crippen LogP contribution in [-0.2, 0) is 0 Å². The maximum Gasteiger partial charge on any atom is 0.156 e. The topological polar surface area (TPSA) is 64.1 Å². The second-order valence-electron chi connectivity index (χ2n) is 3.52. The van der Waals surface area contributed by atoms with Crippen molar-refractivity contribution in [2.24, 2.45) is 0 Å². The predicted octanol–water partition coefficient (Wildman–Crippen LogP) is 2.83. The molecule has 1 heterocycles. The summed E-state index contributed by atoms with van der Waals surface area (Å²) in [5.74, 6) is 0.0891. The number of carbonyl (C=O) groups excluding carboxylic acids is 1. The second-order valence-corrected chi connectivity index (χ2v) is 3.87. The monoisotopic (exact) mass is 281 g/mol. The van der Waals surface area contributed by atoms with Crippen molar-refractivity contribution in [3.8, 4) is 5.75 Å². The fourth-order valence-corrected chi connectivity index (χ4v) is 1.61. The Morgan fingerprint density at radius 1 is 1.42 bits per heavy atom. The number of rotatable bonds is 4. The summed E-state index contributed by atoms with van der Waals surface area (Å²) in [5, 5.41) is 2.68. The van der Waals surface area contributed by atoms with Crippen molar-refractivity contribution in [3.05, 3.63) is 41.1 Å². The Morgan fingerprint density at radius 2 is 2.21 bits per heavy atom. The van der Waals surface area contributed by atoms with Gasteiger partial charge in [0.2, 0.25) is 0 Å². The summed E-state index contributed by atoms with van der Waals surface area (Å²) < 4.78 is 18.6. The molecule has 1 N–H and O–H groups in total. The van der Waals surface area contributed by atoms with Gasteiger partial charge in [-0.2, -0.15) is 0 Å². The number of hydrogen-bond acceptors (Lipinski definition) is 5. The molecule has 0 radical (unpaired) electrons. The number of methoxy groups -OCH3 is 1. The van der Waals surface area contributed by atoms with Crippen LogP contribution in [0.1, 0.15) is 10.4 Å². The van der Waals surface area contributed by atoms with E-state index in [4.69, 9.17) is 16.3 Å². The van der Waals surface area contributed by atoms with Crippen LogP contribution in [0.3, 0.4) is 0 Å². The molecule has 1 aromatic heterocycles. The van der Waals surface area contributed by atoms with Crippen molar-refractivity contribution in [2.45, 2.75) is 0 Å². The maximum atomic E-state index is 13.6. The number of carbonyl (C=O) groups is 1. The van der Waals surface area contributed by atoms with Crippen LogP contribution in [0.15, 0.2) is 24.5 Å². The highest BCUT2D eigenvalue weighted by molar-refractivity contribution is 6.32. The molecule has 98 valence electrons. The molecule has 2 rings (SSSR count). The zero-order valence-electron chi connectivity index (χ0n) is 9.85. The van der Waals surface area contributed by atoms with Crippen molar-refractivity contribution >= 4 is 29.4 Å². The van der Waals surface area contributed by atoms with E-state index < -0.39 is 5.82 Å². The summed E-state index contributed by atoms with van der Waals surface area (Å²) in [6, 6.07) is 4.17. The van der Waals surface area contributed by atoms with Gasteiger partial charge in [-0.25, -0.2) is 14.4 Å². The van der Waals surface area contributed by atoms with Gasteiger partial charge in [-0.3, -0.25) is 4.79 Å². The first-order valence-corrected chi connectivity index (χ1v) is 5.59. The lowest BCUT2D eigenvalue weighted by molar-refractivity contribution is 0.112. The standard InChI is InChI=1S/C12H9ClFN3O2/c1-19-7-2-3-9(14)10(4-7)17-12-8(5-18)11(13)15-6-16-12/h2-6H,1H3,(H,15,16,17). The SMILES string of the molecule is COc1ccc(F)c(Nc2ncnc(Cl)c2C=O)c1. The number of nitrogens with one attached hydrogen (secondary N) is 1. The molecule has 0 fully saturated rings. The van der Waals surface area contributed by atoms with Crippen molar-refractivity contribution in [2.75, 3.05) is 12.4 Å². The molecule has 5 nitrogen and oxygen atoms in total. The summed E-state index contributed by atoms with van der Waals surface area (Å²) in [5.41, 5.74) is 0.184. The van der Waals surface area contributed by atoms with Crippen LogP contribution >= 0.6 is 11.6 Å². The molecule has 7 heteroatoms. The molecule has 1 aromatic carbocycles. The van der Waals surface area contributed by atoms with E-state index in [9.17, 15) is 9.18 Å². The first-order chi connectivity index (χ1) is 9.15. The Kier molecular flexibility index (Phi) is 3.91. The molecule has 0 aliphatic carbocycles. The highest BCUT2D eigenvalue weighted by Gasteiger charge is 2.11. The number of aromatic nitrogens is 2. The molecule has 0 saturated carbocycles. The van der Waals surface area contributed by atoms with Gasteiger partial charge in [0, 0.05) is 6.07 Å². The minimum absolute atomic E-state index is 0.00388. The molecule has 2 aromatic rings. The molecule has 0 aliphatic rings. The lowest BCUT2D eigenvalue weighted by Crippen LogP contribution is -2.02. The number of anilines is 2. The molecule has 0 spiro atoms. The summed E-state index contributed by atoms with van der Waals surface area (Å²) in [6.45, 7) is 0. The van der Waals surface area contributed by atoms with Gasteiger partial charge in [-0.1, -0.05) is 11.6 Å². The smallest absolute Gasteiger partial charge is 0.156 e. The highest BCUT2D eigenvalue weighted by Crippen LogP contribution is 2.26. The van der Waals surface area contributed by atoms with Crippen LogP contribution in [0, 0.1) is 5.82 Å². The molecule has 0 saturated heterocycles. The number of benzene rings is 1. The number of nitrogens with zero attached hydrogens (tertiary/aromatic N) is 2. The van der Waals surface area contributed by atoms with Crippen molar-refractivity contribution < 1.29 is 13.9 Å². The van der Waals surface area contributed by atoms with Gasteiger partial charge in [0.1, 0.15) is 28.9 Å². The third-order valence-corrected chi connectivity index (χ3v) is 2.68. The zero-order valence-corrected chi connectivity index (χ0v) is 10.6. The number of ether oxygens (including phenoxy) is 1. The third kappa shape index (κ3) is 2.79. The molecule has 0 atom stereocenters. The van der Waals surface area contributed by atoms with Crippen LogP contribution in [-0.4, -0.2) is 23.4 Å². The Bertz CT molecular complexity index is 622. The van der Waals surface area contributed by atoms with Gasteiger partial charge >= 0.3 is 0 Å². The van der Waals surface area contributed by atoms with Gasteiger partial charge < -0.3 is 10.1 Å². The van der Waals surface area contributed by atoms with Gasteiger partial charge in [0.25, 0.3) is 0 Å². The van der Waals surface area contributed by atoms with Crippen molar-refractivity contribution in [1.82, 2.24) is 9.97 Å². The van der Waals surface area contributed by atoms with Gasteiger partial charge in [0.05, 0.1) is 18.4 Å². The average Bonchev–Trinajstić information content (AvgIpc) is 2.41. The molecular weight excluding hydrogens is 273 g/mol. The first kappa shape index (κ1) is 13.2. The van der Waals surface area contributed by atoms with E-state index in [0.29, 0.717) is 12.0 Å². The zero-order chi connectivity index (χ0) is 13.8. The number of hydrogen-bond donors (Lipinski definition) is 1. The quantitative estimate of drug-likeness (QED) is 0.689. The number of aldehydes is 1. The van der Waals surface area contributed by atoms with Crippen molar-refractivity contribution in [3.63, 3.8) is 0 Å². The van der Waals surface area contributed by atoms with Crippen LogP contribution in [0.4, 0.5) is 15.9 Å². The maximum absolute atomic E-state index is 13.6. The van der Waals surface area contributed by atoms with Crippen LogP contribution < -0.4 is 10.1 Å². The summed E-state index contributed by atoms with van der Waals surface area (Å²) >= 11 is 5.75. The summed E-state index contributed by atoms with van der Waals surface area (Å²) in [4.78, 5) is 18.5. The Morgan fingerprint density at radius 3 is 2.89 bits per heavy atom. The molecule has 19 heavy (non-hydrogen) atoms. The lowest BCUT2D eigenvalue weighted by atomic mass is 10.2. The van der Waals surface area contributed by atoms with E-state index >= 15 is 0 Å². The van der Waals surface area contributed by atoms with E-state index in [1.165, 1.54) is 31.6 Å². The van der Waals surface area contributed by atoms with Gasteiger partial charge in [-0.05, 0) is 12.1 Å². The predicted molar refractivity (Wildman–Crippen MR) is 68.7 cm³/mol. The number of halogens is 2. The molecule has 0 aliphatic heterocycles. The molecule has 0 unspecified atom stereocenters. The van der Waals surface area contributed by atoms with Gasteiger partial charge in [-0.15, -0.1) is 0 Å². The lowest BCUT2D eigenvalue weighted by Gasteiger charge is -2.10. The summed E-state index contributed by atoms with van der Waals surface area (Å²) in [7, 11) is 1.47. The largest absolute Gasteiger partial charge is 0.497 e. The normalized spacial score (nSPS) is 10.1. The Balaban J connectivity index is 2.41. The van der Waals surface area contributed by atoms with E-state index in [1.54, 1.807) is 0 Å². The highest BCUT2D eigenvalue weighted by atomic mass is 35.5. The van der Waals surface area contributed by atoms with Crippen LogP contribution in [0.5, 0.6) is 5.75 Å². The molecule has 0 amide bonds. The fourth-order valence-electron chi connectivity index (χ4n) is 1.43. The van der Waals surface area contributed by atoms with E-state index in [0.717, 1.165) is 0 Å². The minimum atomic E-state index is -0.507. The summed E-state index contributed by atoms with van der Waals surface area (Å²) in [6.07, 6.45) is 1.68. The minimum Gasteiger partial charge on any atom is -0.497 e. The van der Waals surface area contributed by atoms with Crippen LogP contribution in [0.2, 0.25) is 5.15 Å². The molecular formula is C12H9ClFN3O2.